The molecular formula is C41H49Cl2N4O14P. The fraction of sp³-hybridized carbons (Fsp3) is 0.341. The summed E-state index contributed by atoms with van der Waals surface area (Å²) in [4.78, 5) is 57.4. The highest BCUT2D eigenvalue weighted by Gasteiger charge is 2.42. The van der Waals surface area contributed by atoms with Gasteiger partial charge in [-0.05, 0) is 66.4 Å². The number of nitrogens with two attached hydrogens (primary N) is 1. The molecule has 3 atom stereocenters. The van der Waals surface area contributed by atoms with E-state index in [4.69, 9.17) is 62.7 Å². The normalized spacial score (nSPS) is 16.1. The van der Waals surface area contributed by atoms with Gasteiger partial charge in [0.15, 0.2) is 7.37 Å². The number of esters is 1. The van der Waals surface area contributed by atoms with Crippen LogP contribution < -0.4 is 25.3 Å². The van der Waals surface area contributed by atoms with Crippen molar-refractivity contribution in [2.75, 3.05) is 46.5 Å². The Morgan fingerprint density at radius 1 is 0.968 bits per heavy atom. The first-order valence-electron chi connectivity index (χ1n) is 18.4. The van der Waals surface area contributed by atoms with Gasteiger partial charge in [-0.25, -0.2) is 14.7 Å². The molecule has 5 rings (SSSR count). The fourth-order valence-corrected chi connectivity index (χ4v) is 6.92. The molecule has 0 saturated heterocycles. The van der Waals surface area contributed by atoms with Crippen LogP contribution in [0.3, 0.4) is 0 Å². The van der Waals surface area contributed by atoms with Crippen LogP contribution in [0.4, 0.5) is 16.2 Å². The highest BCUT2D eigenvalue weighted by molar-refractivity contribution is 7.57. The van der Waals surface area contributed by atoms with Crippen molar-refractivity contribution in [3.8, 4) is 28.7 Å². The molecule has 0 aromatic heterocycles. The van der Waals surface area contributed by atoms with Crippen LogP contribution in [0.2, 0.25) is 10.0 Å². The number of hydrogen-bond donors (Lipinski definition) is 4. The molecular weight excluding hydrogens is 874 g/mol. The Kier molecular flexibility index (Phi) is 18.1. The lowest BCUT2D eigenvalue weighted by molar-refractivity contribution is -0.385. The number of hydroxylamine groups is 2. The van der Waals surface area contributed by atoms with Crippen LogP contribution in [0.25, 0.3) is 0 Å². The van der Waals surface area contributed by atoms with E-state index in [1.807, 2.05) is 25.1 Å². The summed E-state index contributed by atoms with van der Waals surface area (Å²) in [6.45, 7) is 7.49. The van der Waals surface area contributed by atoms with Gasteiger partial charge >= 0.3 is 18.0 Å². The number of nitro groups is 1. The lowest BCUT2D eigenvalue weighted by Crippen LogP contribution is -2.45. The number of fused-ring (bicyclic) bond motifs is 1. The van der Waals surface area contributed by atoms with Crippen molar-refractivity contribution in [3.05, 3.63) is 110 Å². The van der Waals surface area contributed by atoms with E-state index in [9.17, 15) is 29.1 Å². The maximum absolute atomic E-state index is 11.8. The minimum Gasteiger partial charge on any atom is -0.480 e. The van der Waals surface area contributed by atoms with Gasteiger partial charge in [0.05, 0.1) is 24.2 Å². The zero-order valence-electron chi connectivity index (χ0n) is 35.2. The maximum Gasteiger partial charge on any atom is 0.345 e. The third-order valence-electron chi connectivity index (χ3n) is 8.97. The average molecular weight is 924 g/mol. The highest BCUT2D eigenvalue weighted by Crippen LogP contribution is 2.46. The molecule has 1 heterocycles. The van der Waals surface area contributed by atoms with E-state index >= 15 is 0 Å². The molecule has 336 valence electrons. The molecule has 1 aliphatic rings. The van der Waals surface area contributed by atoms with Crippen LogP contribution >= 0.6 is 30.6 Å². The SMILES string of the molecule is COC(=O)c1cc(Oc2ccc(Cl)cc2Cl)ccc1[N+](=O)[O-].CON(C)C(=O)Nc1ccc(Oc2ccc3c(c2)OC(C)(OC)CC3(C)C)cc1.CP(=O)(O)CCC(N)C(=O)O. The summed E-state index contributed by atoms with van der Waals surface area (Å²) >= 11 is 11.8. The smallest absolute Gasteiger partial charge is 0.345 e. The van der Waals surface area contributed by atoms with Gasteiger partial charge in [0, 0.05) is 74.8 Å². The Morgan fingerprint density at radius 3 is 2.13 bits per heavy atom. The van der Waals surface area contributed by atoms with Crippen LogP contribution in [0, 0.1) is 10.1 Å². The number of halogens is 2. The van der Waals surface area contributed by atoms with Crippen molar-refractivity contribution in [3.63, 3.8) is 0 Å². The van der Waals surface area contributed by atoms with E-state index in [-0.39, 0.29) is 46.1 Å². The Bertz CT molecular complexity index is 2280. The molecule has 0 radical (unpaired) electrons. The molecule has 4 aromatic carbocycles. The van der Waals surface area contributed by atoms with Gasteiger partial charge in [0.25, 0.3) is 5.69 Å². The first kappa shape index (κ1) is 50.9. The summed E-state index contributed by atoms with van der Waals surface area (Å²) in [6.07, 6.45) is 0.759. The van der Waals surface area contributed by atoms with E-state index in [2.05, 4.69) is 23.9 Å². The summed E-state index contributed by atoms with van der Waals surface area (Å²) in [5.41, 5.74) is 6.19. The molecule has 0 bridgehead atoms. The first-order chi connectivity index (χ1) is 28.9. The Balaban J connectivity index is 0.000000274. The second kappa shape index (κ2) is 22.1. The quantitative estimate of drug-likeness (QED) is 0.0422. The number of nitrogens with one attached hydrogen (secondary N) is 1. The molecule has 2 amide bonds. The number of ether oxygens (including phenoxy) is 5. The predicted molar refractivity (Wildman–Crippen MR) is 232 cm³/mol. The minimum absolute atomic E-state index is 0.0412. The topological polar surface area (TPSA) is 249 Å². The summed E-state index contributed by atoms with van der Waals surface area (Å²) in [7, 11) is 2.65. The van der Waals surface area contributed by atoms with Crippen molar-refractivity contribution < 1.29 is 62.4 Å². The molecule has 0 spiro atoms. The van der Waals surface area contributed by atoms with E-state index in [1.165, 1.54) is 39.0 Å². The van der Waals surface area contributed by atoms with Gasteiger partial charge < -0.3 is 44.7 Å². The molecule has 1 aliphatic heterocycles. The van der Waals surface area contributed by atoms with Crippen molar-refractivity contribution in [1.82, 2.24) is 5.06 Å². The molecule has 0 aliphatic carbocycles. The van der Waals surface area contributed by atoms with Gasteiger partial charge in [-0.15, -0.1) is 0 Å². The standard InChI is InChI=1S/C22H28N2O5.C14H9Cl2NO5.C5H12NO4P/c1-21(2)14-22(3,26-5)29-19-13-17(11-12-18(19)21)28-16-9-7-15(8-10-16)23-20(25)24(4)27-6;1-21-14(18)10-7-9(3-4-12(10)17(19)20)22-13-5-2-8(15)6-11(13)16;1-11(9,10)3-2-4(6)5(7)8/h7-13H,14H2,1-6H3,(H,23,25);2-7H,1H3;4H,2-3,6H2,1H3,(H,7,8)(H,9,10). The number of methoxy groups -OCH3 is 2. The number of carboxylic acids is 1. The van der Waals surface area contributed by atoms with Crippen molar-refractivity contribution in [2.45, 2.75) is 50.9 Å². The number of anilines is 1. The van der Waals surface area contributed by atoms with E-state index in [1.54, 1.807) is 43.5 Å². The number of amides is 2. The second-order valence-electron chi connectivity index (χ2n) is 14.5. The average Bonchev–Trinajstić information content (AvgIpc) is 3.20. The van der Waals surface area contributed by atoms with Gasteiger partial charge in [-0.2, -0.15) is 0 Å². The number of aliphatic carboxylic acids is 1. The molecule has 0 saturated carbocycles. The van der Waals surface area contributed by atoms with E-state index < -0.39 is 36.1 Å². The summed E-state index contributed by atoms with van der Waals surface area (Å²) in [6, 6.07) is 19.9. The van der Waals surface area contributed by atoms with Crippen LogP contribution in [0.15, 0.2) is 78.9 Å². The van der Waals surface area contributed by atoms with Crippen LogP contribution in [-0.4, -0.2) is 91.0 Å². The lowest BCUT2D eigenvalue weighted by Gasteiger charge is -2.43. The predicted octanol–water partition coefficient (Wildman–Crippen LogP) is 9.10. The van der Waals surface area contributed by atoms with Crippen molar-refractivity contribution >= 4 is 59.9 Å². The number of carbonyl (C=O) groups is 3. The zero-order valence-corrected chi connectivity index (χ0v) is 37.6. The summed E-state index contributed by atoms with van der Waals surface area (Å²) < 4.78 is 38.4. The molecule has 21 heteroatoms. The largest absolute Gasteiger partial charge is 0.480 e. The van der Waals surface area contributed by atoms with Gasteiger partial charge in [-0.3, -0.25) is 24.3 Å². The van der Waals surface area contributed by atoms with Gasteiger partial charge in [-0.1, -0.05) is 43.1 Å². The maximum atomic E-state index is 11.8. The molecule has 62 heavy (non-hydrogen) atoms. The molecule has 5 N–H and O–H groups in total. The van der Waals surface area contributed by atoms with Gasteiger partial charge in [0.1, 0.15) is 40.4 Å². The Labute approximate surface area is 368 Å². The van der Waals surface area contributed by atoms with Crippen molar-refractivity contribution in [1.29, 1.82) is 0 Å². The number of benzene rings is 4. The fourth-order valence-electron chi connectivity index (χ4n) is 5.72. The number of urea groups is 1. The van der Waals surface area contributed by atoms with E-state index in [0.717, 1.165) is 36.0 Å². The number of carbonyl (C=O) groups excluding carboxylic acids is 2. The number of rotatable bonds is 13. The first-order valence-corrected chi connectivity index (χ1v) is 21.5. The highest BCUT2D eigenvalue weighted by atomic mass is 35.5. The van der Waals surface area contributed by atoms with Gasteiger partial charge in [0.2, 0.25) is 5.79 Å². The Hall–Kier alpha value is -5.46. The number of hydrogen-bond acceptors (Lipinski definition) is 13. The summed E-state index contributed by atoms with van der Waals surface area (Å²) in [5, 5.41) is 23.7. The number of nitrogens with zero attached hydrogens (tertiary/aromatic N) is 2. The third kappa shape index (κ3) is 15.2. The Morgan fingerprint density at radius 2 is 1.58 bits per heavy atom. The molecule has 0 fully saturated rings. The second-order valence-corrected chi connectivity index (χ2v) is 17.9. The number of nitro benzene ring substituents is 1. The third-order valence-corrected chi connectivity index (χ3v) is 10.6. The molecule has 18 nitrogen and oxygen atoms in total. The molecule has 4 aromatic rings. The summed E-state index contributed by atoms with van der Waals surface area (Å²) in [5.74, 6) is -0.0774. The monoisotopic (exact) mass is 922 g/mol. The van der Waals surface area contributed by atoms with Crippen molar-refractivity contribution in [2.24, 2.45) is 5.73 Å². The minimum atomic E-state index is -3.10. The van der Waals surface area contributed by atoms with Crippen LogP contribution in [-0.2, 0) is 29.1 Å². The van der Waals surface area contributed by atoms with E-state index in [0.29, 0.717) is 28.0 Å². The van der Waals surface area contributed by atoms with Crippen LogP contribution in [0.1, 0.15) is 49.5 Å². The molecule has 3 unspecified atom stereocenters. The lowest BCUT2D eigenvalue weighted by atomic mass is 9.76. The zero-order chi connectivity index (χ0) is 46.6. The van der Waals surface area contributed by atoms with Crippen LogP contribution in [0.5, 0.6) is 28.7 Å². The number of carboxylic acid groups (broad SMARTS) is 1.